The molecule has 0 heterocycles. The molecule has 0 atom stereocenters. The Labute approximate surface area is 133 Å². The topological polar surface area (TPSA) is 0 Å². The van der Waals surface area contributed by atoms with E-state index in [9.17, 15) is 8.78 Å². The van der Waals surface area contributed by atoms with E-state index in [1.54, 1.807) is 24.3 Å². The Morgan fingerprint density at radius 3 is 1.77 bits per heavy atom. The Hall–Kier alpha value is -2.19. The fourth-order valence-corrected chi connectivity index (χ4v) is 2.76. The monoisotopic (exact) mass is 314 g/mol. The van der Waals surface area contributed by atoms with Crippen LogP contribution < -0.4 is 0 Å². The van der Waals surface area contributed by atoms with E-state index in [0.717, 1.165) is 27.8 Å². The molecule has 22 heavy (non-hydrogen) atoms. The van der Waals surface area contributed by atoms with E-state index in [1.165, 1.54) is 24.3 Å². The lowest BCUT2D eigenvalue weighted by molar-refractivity contribution is 0.627. The van der Waals surface area contributed by atoms with Gasteiger partial charge in [0.25, 0.3) is 0 Å². The summed E-state index contributed by atoms with van der Waals surface area (Å²) < 4.78 is 26.3. The summed E-state index contributed by atoms with van der Waals surface area (Å²) >= 11 is 6.06. The van der Waals surface area contributed by atoms with Gasteiger partial charge in [-0.15, -0.1) is 11.6 Å². The van der Waals surface area contributed by atoms with Crippen LogP contribution in [0.5, 0.6) is 0 Å². The molecule has 0 amide bonds. The molecular formula is C19H13ClF2. The minimum Gasteiger partial charge on any atom is -0.207 e. The minimum absolute atomic E-state index is 0.277. The number of benzene rings is 3. The van der Waals surface area contributed by atoms with Gasteiger partial charge in [-0.1, -0.05) is 42.5 Å². The summed E-state index contributed by atoms with van der Waals surface area (Å²) in [5, 5.41) is 0. The van der Waals surface area contributed by atoms with Gasteiger partial charge in [0.15, 0.2) is 0 Å². The molecule has 0 bridgehead atoms. The molecule has 0 saturated heterocycles. The van der Waals surface area contributed by atoms with Gasteiger partial charge in [0.2, 0.25) is 0 Å². The molecule has 0 aromatic heterocycles. The van der Waals surface area contributed by atoms with E-state index in [1.807, 2.05) is 18.2 Å². The highest BCUT2D eigenvalue weighted by atomic mass is 35.5. The molecule has 0 aliphatic rings. The third kappa shape index (κ3) is 2.88. The molecule has 0 radical (unpaired) electrons. The molecular weight excluding hydrogens is 302 g/mol. The zero-order valence-electron chi connectivity index (χ0n) is 11.7. The molecule has 0 fully saturated rings. The van der Waals surface area contributed by atoms with Crippen molar-refractivity contribution in [3.05, 3.63) is 83.9 Å². The molecule has 3 rings (SSSR count). The smallest absolute Gasteiger partial charge is 0.123 e. The normalized spacial score (nSPS) is 10.7. The van der Waals surface area contributed by atoms with Gasteiger partial charge in [0.1, 0.15) is 11.6 Å². The fraction of sp³-hybridized carbons (Fsp3) is 0.0526. The van der Waals surface area contributed by atoms with Crippen LogP contribution in [0.15, 0.2) is 66.7 Å². The van der Waals surface area contributed by atoms with E-state index >= 15 is 0 Å². The molecule has 3 aromatic carbocycles. The lowest BCUT2D eigenvalue weighted by Crippen LogP contribution is -1.92. The van der Waals surface area contributed by atoms with Crippen molar-refractivity contribution in [2.75, 3.05) is 0 Å². The quantitative estimate of drug-likeness (QED) is 0.517. The van der Waals surface area contributed by atoms with Crippen LogP contribution in [-0.4, -0.2) is 0 Å². The highest BCUT2D eigenvalue weighted by Gasteiger charge is 2.12. The van der Waals surface area contributed by atoms with Crippen LogP contribution in [0.4, 0.5) is 8.78 Å². The Morgan fingerprint density at radius 1 is 0.682 bits per heavy atom. The summed E-state index contributed by atoms with van der Waals surface area (Å²) in [5.41, 5.74) is 4.63. The Kier molecular flexibility index (Phi) is 4.21. The molecule has 0 spiro atoms. The first-order valence-corrected chi connectivity index (χ1v) is 7.42. The number of hydrogen-bond acceptors (Lipinski definition) is 0. The van der Waals surface area contributed by atoms with Gasteiger partial charge in [0, 0.05) is 5.88 Å². The highest BCUT2D eigenvalue weighted by molar-refractivity contribution is 6.17. The third-order valence-corrected chi connectivity index (χ3v) is 3.87. The van der Waals surface area contributed by atoms with Crippen molar-refractivity contribution in [3.8, 4) is 22.3 Å². The molecule has 3 aromatic rings. The van der Waals surface area contributed by atoms with E-state index in [-0.39, 0.29) is 11.6 Å². The second kappa shape index (κ2) is 6.29. The first kappa shape index (κ1) is 14.7. The van der Waals surface area contributed by atoms with E-state index < -0.39 is 0 Å². The van der Waals surface area contributed by atoms with Gasteiger partial charge in [-0.3, -0.25) is 0 Å². The van der Waals surface area contributed by atoms with Crippen LogP contribution in [0, 0.1) is 11.6 Å². The Balaban J connectivity index is 2.22. The molecule has 0 nitrogen and oxygen atoms in total. The summed E-state index contributed by atoms with van der Waals surface area (Å²) in [4.78, 5) is 0. The predicted octanol–water partition coefficient (Wildman–Crippen LogP) is 6.04. The van der Waals surface area contributed by atoms with Crippen molar-refractivity contribution < 1.29 is 8.78 Å². The number of hydrogen-bond donors (Lipinski definition) is 0. The Morgan fingerprint density at radius 2 is 1.23 bits per heavy atom. The average molecular weight is 315 g/mol. The van der Waals surface area contributed by atoms with Crippen molar-refractivity contribution in [3.63, 3.8) is 0 Å². The van der Waals surface area contributed by atoms with Crippen LogP contribution in [0.3, 0.4) is 0 Å². The molecule has 0 unspecified atom stereocenters. The number of rotatable bonds is 3. The van der Waals surface area contributed by atoms with Crippen LogP contribution >= 0.6 is 11.6 Å². The van der Waals surface area contributed by atoms with Crippen molar-refractivity contribution in [1.82, 2.24) is 0 Å². The molecule has 110 valence electrons. The van der Waals surface area contributed by atoms with Crippen LogP contribution in [0.2, 0.25) is 0 Å². The highest BCUT2D eigenvalue weighted by Crippen LogP contribution is 2.35. The summed E-state index contributed by atoms with van der Waals surface area (Å²) in [6, 6.07) is 18.5. The number of halogens is 3. The fourth-order valence-electron chi connectivity index (χ4n) is 2.54. The maximum atomic E-state index is 13.2. The van der Waals surface area contributed by atoms with Gasteiger partial charge in [0.05, 0.1) is 0 Å². The maximum Gasteiger partial charge on any atom is 0.123 e. The van der Waals surface area contributed by atoms with Gasteiger partial charge >= 0.3 is 0 Å². The second-order valence-electron chi connectivity index (χ2n) is 4.99. The lowest BCUT2D eigenvalue weighted by atomic mass is 9.91. The van der Waals surface area contributed by atoms with Crippen molar-refractivity contribution in [2.45, 2.75) is 5.88 Å². The SMILES string of the molecule is Fc1ccc(-c2cccc(CCl)c2-c2ccc(F)cc2)cc1. The maximum absolute atomic E-state index is 13.2. The largest absolute Gasteiger partial charge is 0.207 e. The van der Waals surface area contributed by atoms with E-state index in [0.29, 0.717) is 5.88 Å². The zero-order valence-corrected chi connectivity index (χ0v) is 12.4. The summed E-state index contributed by atoms with van der Waals surface area (Å²) in [5.74, 6) is -0.210. The summed E-state index contributed by atoms with van der Waals surface area (Å²) in [6.07, 6.45) is 0. The third-order valence-electron chi connectivity index (χ3n) is 3.58. The van der Waals surface area contributed by atoms with Gasteiger partial charge < -0.3 is 0 Å². The van der Waals surface area contributed by atoms with Crippen molar-refractivity contribution in [2.24, 2.45) is 0 Å². The van der Waals surface area contributed by atoms with Crippen LogP contribution in [0.1, 0.15) is 5.56 Å². The first-order chi connectivity index (χ1) is 10.7. The lowest BCUT2D eigenvalue weighted by Gasteiger charge is -2.14. The summed E-state index contributed by atoms with van der Waals surface area (Å²) in [7, 11) is 0. The molecule has 0 saturated carbocycles. The Bertz CT molecular complexity index is 778. The molecule has 0 aliphatic carbocycles. The van der Waals surface area contributed by atoms with Crippen LogP contribution in [-0.2, 0) is 5.88 Å². The van der Waals surface area contributed by atoms with Crippen LogP contribution in [0.25, 0.3) is 22.3 Å². The predicted molar refractivity (Wildman–Crippen MR) is 86.8 cm³/mol. The zero-order chi connectivity index (χ0) is 15.5. The molecule has 3 heteroatoms. The first-order valence-electron chi connectivity index (χ1n) is 6.89. The van der Waals surface area contributed by atoms with E-state index in [2.05, 4.69) is 0 Å². The number of alkyl halides is 1. The van der Waals surface area contributed by atoms with Gasteiger partial charge in [-0.05, 0) is 52.1 Å². The van der Waals surface area contributed by atoms with Crippen molar-refractivity contribution in [1.29, 1.82) is 0 Å². The standard InChI is InChI=1S/C19H13ClF2/c20-12-15-2-1-3-18(13-4-8-16(21)9-5-13)19(15)14-6-10-17(22)11-7-14/h1-11H,12H2. The van der Waals surface area contributed by atoms with Gasteiger partial charge in [-0.2, -0.15) is 0 Å². The molecule has 0 aliphatic heterocycles. The van der Waals surface area contributed by atoms with Gasteiger partial charge in [-0.25, -0.2) is 8.78 Å². The minimum atomic E-state index is -0.282. The van der Waals surface area contributed by atoms with Crippen molar-refractivity contribution >= 4 is 11.6 Å². The average Bonchev–Trinajstić information content (AvgIpc) is 2.56. The second-order valence-corrected chi connectivity index (χ2v) is 5.25. The molecule has 0 N–H and O–H groups in total. The summed E-state index contributed by atoms with van der Waals surface area (Å²) in [6.45, 7) is 0. The van der Waals surface area contributed by atoms with E-state index in [4.69, 9.17) is 11.6 Å².